The molecule has 1 amide bonds. The van der Waals surface area contributed by atoms with Crippen LogP contribution in [-0.4, -0.2) is 39.5 Å². The van der Waals surface area contributed by atoms with Gasteiger partial charge in [-0.15, -0.1) is 5.10 Å². The molecule has 2 aromatic rings. The molecule has 1 atom stereocenters. The van der Waals surface area contributed by atoms with Crippen molar-refractivity contribution in [3.05, 3.63) is 35.5 Å². The molecule has 1 unspecified atom stereocenters. The van der Waals surface area contributed by atoms with E-state index in [0.717, 1.165) is 12.1 Å². The van der Waals surface area contributed by atoms with Gasteiger partial charge in [0, 0.05) is 24.9 Å². The summed E-state index contributed by atoms with van der Waals surface area (Å²) in [7, 11) is 1.57. The van der Waals surface area contributed by atoms with Gasteiger partial charge in [0.15, 0.2) is 5.76 Å². The number of hydrogen-bond donors (Lipinski definition) is 1. The molecule has 0 saturated heterocycles. The molecule has 0 fully saturated rings. The normalized spacial score (nSPS) is 12.3. The van der Waals surface area contributed by atoms with Crippen molar-refractivity contribution in [2.45, 2.75) is 25.1 Å². The van der Waals surface area contributed by atoms with E-state index in [0.29, 0.717) is 23.3 Å². The molecule has 2 heterocycles. The minimum Gasteiger partial charge on any atom is -0.454 e. The Labute approximate surface area is 121 Å². The molecule has 2 aromatic heterocycles. The van der Waals surface area contributed by atoms with Crippen LogP contribution in [0.5, 0.6) is 0 Å². The van der Waals surface area contributed by atoms with Crippen molar-refractivity contribution < 1.29 is 9.21 Å². The van der Waals surface area contributed by atoms with E-state index in [-0.39, 0.29) is 5.91 Å². The molecule has 6 nitrogen and oxygen atoms in total. The van der Waals surface area contributed by atoms with Crippen LogP contribution in [0.2, 0.25) is 0 Å². The lowest BCUT2D eigenvalue weighted by Gasteiger charge is -2.03. The van der Waals surface area contributed by atoms with Crippen LogP contribution >= 0.6 is 11.8 Å². The number of furan rings is 1. The highest BCUT2D eigenvalue weighted by Gasteiger charge is 2.11. The van der Waals surface area contributed by atoms with Crippen molar-refractivity contribution in [1.82, 2.24) is 20.3 Å². The Bertz CT molecular complexity index is 578. The highest BCUT2D eigenvalue weighted by atomic mass is 32.2. The van der Waals surface area contributed by atoms with Crippen molar-refractivity contribution in [3.63, 3.8) is 0 Å². The molecular weight excluding hydrogens is 276 g/mol. The van der Waals surface area contributed by atoms with Gasteiger partial charge in [-0.25, -0.2) is 4.68 Å². The molecule has 0 aliphatic rings. The van der Waals surface area contributed by atoms with Gasteiger partial charge in [0.2, 0.25) is 0 Å². The van der Waals surface area contributed by atoms with Gasteiger partial charge >= 0.3 is 0 Å². The van der Waals surface area contributed by atoms with E-state index in [1.807, 2.05) is 6.20 Å². The quantitative estimate of drug-likeness (QED) is 0.875. The number of nitrogens with zero attached hydrogens (tertiary/aromatic N) is 3. The van der Waals surface area contributed by atoms with Crippen LogP contribution in [-0.2, 0) is 13.0 Å². The molecule has 0 aliphatic heterocycles. The van der Waals surface area contributed by atoms with Gasteiger partial charge in [-0.2, -0.15) is 11.8 Å². The van der Waals surface area contributed by atoms with Gasteiger partial charge in [0.1, 0.15) is 12.3 Å². The Hall–Kier alpha value is -1.76. The van der Waals surface area contributed by atoms with E-state index in [9.17, 15) is 4.79 Å². The maximum Gasteiger partial charge on any atom is 0.286 e. The minimum absolute atomic E-state index is 0.232. The van der Waals surface area contributed by atoms with E-state index in [2.05, 4.69) is 28.8 Å². The van der Waals surface area contributed by atoms with Crippen molar-refractivity contribution >= 4 is 17.7 Å². The summed E-state index contributed by atoms with van der Waals surface area (Å²) in [5.74, 6) is 0.751. The monoisotopic (exact) mass is 294 g/mol. The third kappa shape index (κ3) is 3.63. The number of carbonyl (C=O) groups is 1. The fourth-order valence-corrected chi connectivity index (χ4v) is 2.09. The van der Waals surface area contributed by atoms with Crippen molar-refractivity contribution in [2.24, 2.45) is 0 Å². The van der Waals surface area contributed by atoms with Crippen LogP contribution in [0, 0.1) is 0 Å². The smallest absolute Gasteiger partial charge is 0.286 e. The summed E-state index contributed by atoms with van der Waals surface area (Å²) in [4.78, 5) is 11.4. The number of amides is 1. The summed E-state index contributed by atoms with van der Waals surface area (Å²) in [6.07, 6.45) is 4.88. The molecule has 108 valence electrons. The maximum atomic E-state index is 11.4. The number of hydrogen-bond acceptors (Lipinski definition) is 5. The Morgan fingerprint density at radius 3 is 3.05 bits per heavy atom. The van der Waals surface area contributed by atoms with Gasteiger partial charge in [0.25, 0.3) is 5.91 Å². The summed E-state index contributed by atoms with van der Waals surface area (Å²) in [6.45, 7) is 2.63. The Balaban J connectivity index is 2.00. The number of aromatic nitrogens is 3. The van der Waals surface area contributed by atoms with E-state index in [4.69, 9.17) is 4.42 Å². The number of nitrogens with one attached hydrogen (secondary N) is 1. The van der Waals surface area contributed by atoms with E-state index in [1.165, 1.54) is 0 Å². The summed E-state index contributed by atoms with van der Waals surface area (Å²) in [5, 5.41) is 11.2. The summed E-state index contributed by atoms with van der Waals surface area (Å²) in [6, 6.07) is 3.43. The van der Waals surface area contributed by atoms with E-state index in [1.54, 1.807) is 35.6 Å². The first-order valence-electron chi connectivity index (χ1n) is 6.35. The third-order valence-corrected chi connectivity index (χ3v) is 3.89. The SMILES string of the molecule is CNC(=O)c1ccc(Cn2cc(CC(C)SC)nn2)o1. The van der Waals surface area contributed by atoms with Crippen LogP contribution in [0.1, 0.15) is 28.9 Å². The molecule has 0 aliphatic carbocycles. The van der Waals surface area contributed by atoms with Crippen LogP contribution in [0.3, 0.4) is 0 Å². The second-order valence-electron chi connectivity index (χ2n) is 4.50. The van der Waals surface area contributed by atoms with Crippen molar-refractivity contribution in [1.29, 1.82) is 0 Å². The standard InChI is InChI=1S/C13H18N4O2S/c1-9(20-3)6-10-7-17(16-15-10)8-11-4-5-12(19-11)13(18)14-2/h4-5,7,9H,6,8H2,1-3H3,(H,14,18). The minimum atomic E-state index is -0.232. The first kappa shape index (κ1) is 14.6. The number of carbonyl (C=O) groups excluding carboxylic acids is 1. The van der Waals surface area contributed by atoms with Crippen molar-refractivity contribution in [3.8, 4) is 0 Å². The Morgan fingerprint density at radius 2 is 2.35 bits per heavy atom. The molecular formula is C13H18N4O2S. The van der Waals surface area contributed by atoms with Crippen LogP contribution in [0.25, 0.3) is 0 Å². The van der Waals surface area contributed by atoms with Crippen LogP contribution in [0.4, 0.5) is 0 Å². The molecule has 0 bridgehead atoms. The zero-order valence-electron chi connectivity index (χ0n) is 11.8. The van der Waals surface area contributed by atoms with E-state index >= 15 is 0 Å². The second-order valence-corrected chi connectivity index (χ2v) is 5.78. The predicted molar refractivity (Wildman–Crippen MR) is 77.9 cm³/mol. The first-order chi connectivity index (χ1) is 9.62. The fourth-order valence-electron chi connectivity index (χ4n) is 1.75. The zero-order chi connectivity index (χ0) is 14.5. The Kier molecular flexibility index (Phi) is 4.84. The maximum absolute atomic E-state index is 11.4. The lowest BCUT2D eigenvalue weighted by molar-refractivity contribution is 0.0933. The molecule has 7 heteroatoms. The molecule has 0 radical (unpaired) electrons. The summed E-state index contributed by atoms with van der Waals surface area (Å²) < 4.78 is 7.16. The number of thioether (sulfide) groups is 1. The lowest BCUT2D eigenvalue weighted by atomic mass is 10.3. The Morgan fingerprint density at radius 1 is 1.55 bits per heavy atom. The molecule has 0 spiro atoms. The van der Waals surface area contributed by atoms with Crippen molar-refractivity contribution in [2.75, 3.05) is 13.3 Å². The first-order valence-corrected chi connectivity index (χ1v) is 7.63. The molecule has 20 heavy (non-hydrogen) atoms. The van der Waals surface area contributed by atoms with Crippen LogP contribution < -0.4 is 5.32 Å². The van der Waals surface area contributed by atoms with Gasteiger partial charge < -0.3 is 9.73 Å². The second kappa shape index (κ2) is 6.60. The predicted octanol–water partition coefficient (Wildman–Crippen LogP) is 1.57. The molecule has 0 saturated carbocycles. The highest BCUT2D eigenvalue weighted by molar-refractivity contribution is 7.99. The average molecular weight is 294 g/mol. The summed E-state index contributed by atoms with van der Waals surface area (Å²) in [5.41, 5.74) is 0.963. The van der Waals surface area contributed by atoms with E-state index < -0.39 is 0 Å². The highest BCUT2D eigenvalue weighted by Crippen LogP contribution is 2.12. The third-order valence-electron chi connectivity index (χ3n) is 2.92. The largest absolute Gasteiger partial charge is 0.454 e. The van der Waals surface area contributed by atoms with Gasteiger partial charge in [-0.1, -0.05) is 12.1 Å². The average Bonchev–Trinajstić information content (AvgIpc) is 3.08. The lowest BCUT2D eigenvalue weighted by Crippen LogP contribution is -2.16. The fraction of sp³-hybridized carbons (Fsp3) is 0.462. The molecule has 2 rings (SSSR count). The molecule has 1 N–H and O–H groups in total. The van der Waals surface area contributed by atoms with Gasteiger partial charge in [-0.3, -0.25) is 4.79 Å². The zero-order valence-corrected chi connectivity index (χ0v) is 12.6. The number of rotatable bonds is 6. The summed E-state index contributed by atoms with van der Waals surface area (Å²) >= 11 is 1.80. The van der Waals surface area contributed by atoms with Crippen LogP contribution in [0.15, 0.2) is 22.7 Å². The van der Waals surface area contributed by atoms with Gasteiger partial charge in [0.05, 0.1) is 5.69 Å². The van der Waals surface area contributed by atoms with Gasteiger partial charge in [-0.05, 0) is 18.4 Å². The molecule has 0 aromatic carbocycles. The topological polar surface area (TPSA) is 73.0 Å².